The van der Waals surface area contributed by atoms with Crippen molar-refractivity contribution < 1.29 is 14.3 Å². The zero-order valence-corrected chi connectivity index (χ0v) is 14.4. The number of carbonyl (C=O) groups is 1. The van der Waals surface area contributed by atoms with E-state index >= 15 is 0 Å². The lowest BCUT2D eigenvalue weighted by molar-refractivity contribution is 0.0299. The Balaban J connectivity index is 1.68. The maximum Gasteiger partial charge on any atom is 0.272 e. The lowest BCUT2D eigenvalue weighted by atomic mass is 10.3. The topological polar surface area (TPSA) is 76.6 Å². The molecule has 132 valence electrons. The minimum absolute atomic E-state index is 0.102. The summed E-state index contributed by atoms with van der Waals surface area (Å²) in [4.78, 5) is 22.7. The molecule has 7 heteroatoms. The van der Waals surface area contributed by atoms with Crippen LogP contribution >= 0.6 is 0 Å². The Kier molecular flexibility index (Phi) is 5.45. The van der Waals surface area contributed by atoms with E-state index in [-0.39, 0.29) is 12.0 Å². The number of nitrogens with one attached hydrogen (secondary N) is 1. The molecule has 0 aliphatic carbocycles. The summed E-state index contributed by atoms with van der Waals surface area (Å²) in [6, 6.07) is 9.16. The number of ether oxygens (including phenoxy) is 2. The van der Waals surface area contributed by atoms with E-state index in [0.29, 0.717) is 37.9 Å². The van der Waals surface area contributed by atoms with E-state index in [4.69, 9.17) is 9.47 Å². The third kappa shape index (κ3) is 4.67. The number of hydrogen-bond donors (Lipinski definition) is 1. The Hall–Kier alpha value is -2.67. The van der Waals surface area contributed by atoms with Crippen LogP contribution < -0.4 is 10.1 Å². The highest BCUT2D eigenvalue weighted by Crippen LogP contribution is 2.19. The third-order valence-electron chi connectivity index (χ3n) is 3.66. The van der Waals surface area contributed by atoms with Crippen LogP contribution in [-0.4, -0.2) is 53.2 Å². The van der Waals surface area contributed by atoms with Crippen LogP contribution in [0.4, 0.5) is 11.6 Å². The predicted octanol–water partition coefficient (Wildman–Crippen LogP) is 2.48. The highest BCUT2D eigenvalue weighted by molar-refractivity contribution is 5.92. The SMILES string of the molecule is CC(C)Oc1ccc(Nc2nccc(C(=O)N3CCOCC3)n2)cc1. The van der Waals surface area contributed by atoms with Gasteiger partial charge in [-0.2, -0.15) is 0 Å². The lowest BCUT2D eigenvalue weighted by Crippen LogP contribution is -2.41. The van der Waals surface area contributed by atoms with Crippen LogP contribution in [-0.2, 0) is 4.74 Å². The van der Waals surface area contributed by atoms with E-state index in [1.807, 2.05) is 38.1 Å². The summed E-state index contributed by atoms with van der Waals surface area (Å²) in [5.41, 5.74) is 1.20. The molecule has 1 saturated heterocycles. The van der Waals surface area contributed by atoms with Crippen LogP contribution in [0.25, 0.3) is 0 Å². The van der Waals surface area contributed by atoms with Gasteiger partial charge in [-0.1, -0.05) is 0 Å². The van der Waals surface area contributed by atoms with Crippen LogP contribution in [0, 0.1) is 0 Å². The largest absolute Gasteiger partial charge is 0.491 e. The smallest absolute Gasteiger partial charge is 0.272 e. The van der Waals surface area contributed by atoms with Gasteiger partial charge in [0, 0.05) is 25.0 Å². The van der Waals surface area contributed by atoms with Gasteiger partial charge in [-0.25, -0.2) is 9.97 Å². The minimum Gasteiger partial charge on any atom is -0.491 e. The fraction of sp³-hybridized carbons (Fsp3) is 0.389. The zero-order chi connectivity index (χ0) is 17.6. The Morgan fingerprint density at radius 1 is 1.20 bits per heavy atom. The van der Waals surface area contributed by atoms with Crippen LogP contribution in [0.1, 0.15) is 24.3 Å². The molecule has 0 bridgehead atoms. The van der Waals surface area contributed by atoms with Crippen molar-refractivity contribution >= 4 is 17.5 Å². The maximum atomic E-state index is 12.5. The lowest BCUT2D eigenvalue weighted by Gasteiger charge is -2.26. The summed E-state index contributed by atoms with van der Waals surface area (Å²) in [5, 5.41) is 3.11. The van der Waals surface area contributed by atoms with E-state index in [1.165, 1.54) is 0 Å². The second-order valence-corrected chi connectivity index (χ2v) is 5.99. The summed E-state index contributed by atoms with van der Waals surface area (Å²) >= 11 is 0. The summed E-state index contributed by atoms with van der Waals surface area (Å²) in [6.07, 6.45) is 1.71. The monoisotopic (exact) mass is 342 g/mol. The summed E-state index contributed by atoms with van der Waals surface area (Å²) < 4.78 is 10.9. The van der Waals surface area contributed by atoms with Crippen molar-refractivity contribution in [2.24, 2.45) is 0 Å². The van der Waals surface area contributed by atoms with Crippen molar-refractivity contribution in [1.82, 2.24) is 14.9 Å². The van der Waals surface area contributed by atoms with E-state index in [1.54, 1.807) is 17.2 Å². The van der Waals surface area contributed by atoms with E-state index in [2.05, 4.69) is 15.3 Å². The van der Waals surface area contributed by atoms with Crippen molar-refractivity contribution in [1.29, 1.82) is 0 Å². The van der Waals surface area contributed by atoms with E-state index in [9.17, 15) is 4.79 Å². The molecule has 1 aromatic heterocycles. The maximum absolute atomic E-state index is 12.5. The molecule has 0 radical (unpaired) electrons. The summed E-state index contributed by atoms with van der Waals surface area (Å²) in [7, 11) is 0. The minimum atomic E-state index is -0.102. The molecule has 1 amide bonds. The first kappa shape index (κ1) is 17.2. The number of hydrogen-bond acceptors (Lipinski definition) is 6. The van der Waals surface area contributed by atoms with Gasteiger partial charge in [0.15, 0.2) is 0 Å². The van der Waals surface area contributed by atoms with Gasteiger partial charge in [0.05, 0.1) is 19.3 Å². The van der Waals surface area contributed by atoms with Crippen LogP contribution in [0.2, 0.25) is 0 Å². The molecule has 1 N–H and O–H groups in total. The average Bonchev–Trinajstić information content (AvgIpc) is 2.63. The van der Waals surface area contributed by atoms with Gasteiger partial charge in [-0.15, -0.1) is 0 Å². The van der Waals surface area contributed by atoms with Crippen molar-refractivity contribution in [3.05, 3.63) is 42.2 Å². The molecule has 0 unspecified atom stereocenters. The van der Waals surface area contributed by atoms with Crippen LogP contribution in [0.15, 0.2) is 36.5 Å². The van der Waals surface area contributed by atoms with Crippen molar-refractivity contribution in [2.45, 2.75) is 20.0 Å². The normalized spacial score (nSPS) is 14.4. The number of morpholine rings is 1. The molecule has 3 rings (SSSR count). The van der Waals surface area contributed by atoms with E-state index in [0.717, 1.165) is 11.4 Å². The molecule has 1 aliphatic heterocycles. The highest BCUT2D eigenvalue weighted by Gasteiger charge is 2.20. The van der Waals surface area contributed by atoms with Crippen molar-refractivity contribution in [3.63, 3.8) is 0 Å². The van der Waals surface area contributed by atoms with Gasteiger partial charge in [0.2, 0.25) is 5.95 Å². The second-order valence-electron chi connectivity index (χ2n) is 5.99. The summed E-state index contributed by atoms with van der Waals surface area (Å²) in [5.74, 6) is 1.09. The van der Waals surface area contributed by atoms with Gasteiger partial charge in [0.25, 0.3) is 5.91 Å². The number of carbonyl (C=O) groups excluding carboxylic acids is 1. The van der Waals surface area contributed by atoms with Gasteiger partial charge in [0.1, 0.15) is 11.4 Å². The van der Waals surface area contributed by atoms with Crippen molar-refractivity contribution in [2.75, 3.05) is 31.6 Å². The van der Waals surface area contributed by atoms with Gasteiger partial charge >= 0.3 is 0 Å². The number of benzene rings is 1. The number of rotatable bonds is 5. The molecule has 2 aromatic rings. The van der Waals surface area contributed by atoms with Crippen LogP contribution in [0.5, 0.6) is 5.75 Å². The first-order chi connectivity index (χ1) is 12.1. The zero-order valence-electron chi connectivity index (χ0n) is 14.4. The predicted molar refractivity (Wildman–Crippen MR) is 94.2 cm³/mol. The van der Waals surface area contributed by atoms with Crippen molar-refractivity contribution in [3.8, 4) is 5.75 Å². The molecule has 1 aliphatic rings. The Morgan fingerprint density at radius 3 is 2.60 bits per heavy atom. The standard InChI is InChI=1S/C18H22N4O3/c1-13(2)25-15-5-3-14(4-6-15)20-18-19-8-7-16(21-18)17(23)22-9-11-24-12-10-22/h3-8,13H,9-12H2,1-2H3,(H,19,20,21). The molecule has 1 aromatic carbocycles. The number of nitrogens with zero attached hydrogens (tertiary/aromatic N) is 3. The molecule has 0 atom stereocenters. The number of amides is 1. The molecule has 0 spiro atoms. The molecule has 25 heavy (non-hydrogen) atoms. The fourth-order valence-electron chi connectivity index (χ4n) is 2.48. The molecule has 7 nitrogen and oxygen atoms in total. The van der Waals surface area contributed by atoms with E-state index < -0.39 is 0 Å². The molecular formula is C18H22N4O3. The quantitative estimate of drug-likeness (QED) is 0.899. The number of anilines is 2. The first-order valence-electron chi connectivity index (χ1n) is 8.35. The van der Waals surface area contributed by atoms with Gasteiger partial charge in [-0.05, 0) is 44.2 Å². The first-order valence-corrected chi connectivity index (χ1v) is 8.35. The molecule has 1 fully saturated rings. The second kappa shape index (κ2) is 7.94. The average molecular weight is 342 g/mol. The summed E-state index contributed by atoms with van der Waals surface area (Å²) in [6.45, 7) is 6.26. The Bertz CT molecular complexity index is 713. The number of aromatic nitrogens is 2. The Labute approximate surface area is 147 Å². The molecule has 2 heterocycles. The van der Waals surface area contributed by atoms with Gasteiger partial charge in [-0.3, -0.25) is 4.79 Å². The van der Waals surface area contributed by atoms with Crippen LogP contribution in [0.3, 0.4) is 0 Å². The van der Waals surface area contributed by atoms with Gasteiger partial charge < -0.3 is 19.7 Å². The third-order valence-corrected chi connectivity index (χ3v) is 3.66. The highest BCUT2D eigenvalue weighted by atomic mass is 16.5. The molecular weight excluding hydrogens is 320 g/mol. The fourth-order valence-corrected chi connectivity index (χ4v) is 2.48. The molecule has 0 saturated carbocycles. The Morgan fingerprint density at radius 2 is 1.92 bits per heavy atom.